The highest BCUT2D eigenvalue weighted by Crippen LogP contribution is 2.29. The molecule has 0 aliphatic carbocycles. The van der Waals surface area contributed by atoms with Crippen LogP contribution >= 0.6 is 0 Å². The Morgan fingerprint density at radius 2 is 2.00 bits per heavy atom. The monoisotopic (exact) mass is 261 g/mol. The van der Waals surface area contributed by atoms with Crippen LogP contribution in [-0.2, 0) is 0 Å². The second-order valence-corrected chi connectivity index (χ2v) is 4.33. The minimum atomic E-state index is 0.560. The van der Waals surface area contributed by atoms with Gasteiger partial charge in [0.25, 0.3) is 0 Å². The van der Waals surface area contributed by atoms with Gasteiger partial charge < -0.3 is 10.5 Å². The molecule has 0 radical (unpaired) electrons. The molecule has 0 saturated carbocycles. The summed E-state index contributed by atoms with van der Waals surface area (Å²) in [6, 6.07) is 16.4. The molecule has 20 heavy (non-hydrogen) atoms. The summed E-state index contributed by atoms with van der Waals surface area (Å²) in [6.07, 6.45) is 1.67. The first-order valence-electron chi connectivity index (χ1n) is 6.08. The molecule has 0 aliphatic heterocycles. The molecular formula is C16H11N3O. The van der Waals surface area contributed by atoms with Gasteiger partial charge in [-0.05, 0) is 42.5 Å². The Kier molecular flexibility index (Phi) is 2.94. The van der Waals surface area contributed by atoms with Crippen molar-refractivity contribution in [3.8, 4) is 17.6 Å². The van der Waals surface area contributed by atoms with Crippen LogP contribution in [-0.4, -0.2) is 4.98 Å². The summed E-state index contributed by atoms with van der Waals surface area (Å²) < 4.78 is 5.84. The maximum absolute atomic E-state index is 8.90. The van der Waals surface area contributed by atoms with Gasteiger partial charge in [0.05, 0.1) is 17.1 Å². The van der Waals surface area contributed by atoms with Gasteiger partial charge in [0.15, 0.2) is 0 Å². The van der Waals surface area contributed by atoms with Crippen molar-refractivity contribution in [2.75, 3.05) is 5.73 Å². The second-order valence-electron chi connectivity index (χ2n) is 4.33. The summed E-state index contributed by atoms with van der Waals surface area (Å²) in [5.74, 6) is 1.30. The van der Waals surface area contributed by atoms with E-state index >= 15 is 0 Å². The molecule has 0 fully saturated rings. The lowest BCUT2D eigenvalue weighted by Gasteiger charge is -2.09. The minimum absolute atomic E-state index is 0.560. The molecule has 4 heteroatoms. The Bertz CT molecular complexity index is 821. The maximum atomic E-state index is 8.90. The highest BCUT2D eigenvalue weighted by Gasteiger charge is 2.05. The fourth-order valence-corrected chi connectivity index (χ4v) is 1.98. The van der Waals surface area contributed by atoms with E-state index in [4.69, 9.17) is 15.7 Å². The van der Waals surface area contributed by atoms with Crippen LogP contribution in [0.3, 0.4) is 0 Å². The molecule has 1 heterocycles. The van der Waals surface area contributed by atoms with E-state index in [0.29, 0.717) is 22.7 Å². The SMILES string of the molecule is N#Cc1cccc(Oc2ccnc3cc(N)ccc23)c1. The fraction of sp³-hybridized carbons (Fsp3) is 0. The molecule has 1 aromatic heterocycles. The zero-order chi connectivity index (χ0) is 13.9. The molecule has 3 rings (SSSR count). The van der Waals surface area contributed by atoms with E-state index in [1.807, 2.05) is 18.2 Å². The van der Waals surface area contributed by atoms with Crippen LogP contribution in [0.25, 0.3) is 10.9 Å². The molecule has 0 spiro atoms. The predicted octanol–water partition coefficient (Wildman–Crippen LogP) is 3.48. The molecule has 2 aromatic carbocycles. The van der Waals surface area contributed by atoms with Gasteiger partial charge in [0, 0.05) is 17.3 Å². The number of nitrogens with two attached hydrogens (primary N) is 1. The number of nitrogens with zero attached hydrogens (tertiary/aromatic N) is 2. The molecule has 0 amide bonds. The Morgan fingerprint density at radius 1 is 1.10 bits per heavy atom. The van der Waals surface area contributed by atoms with Crippen molar-refractivity contribution in [2.24, 2.45) is 0 Å². The van der Waals surface area contributed by atoms with Crippen LogP contribution in [0.2, 0.25) is 0 Å². The number of nitrogen functional groups attached to an aromatic ring is 1. The number of anilines is 1. The Balaban J connectivity index is 2.04. The molecule has 0 aliphatic rings. The van der Waals surface area contributed by atoms with E-state index in [9.17, 15) is 0 Å². The summed E-state index contributed by atoms with van der Waals surface area (Å²) in [5.41, 5.74) is 7.75. The zero-order valence-electron chi connectivity index (χ0n) is 10.6. The number of aromatic nitrogens is 1. The fourth-order valence-electron chi connectivity index (χ4n) is 1.98. The lowest BCUT2D eigenvalue weighted by molar-refractivity contribution is 0.488. The largest absolute Gasteiger partial charge is 0.457 e. The number of rotatable bonds is 2. The van der Waals surface area contributed by atoms with E-state index in [1.165, 1.54) is 0 Å². The van der Waals surface area contributed by atoms with Gasteiger partial charge in [0.1, 0.15) is 11.5 Å². The number of pyridine rings is 1. The van der Waals surface area contributed by atoms with E-state index in [-0.39, 0.29) is 0 Å². The number of hydrogen-bond acceptors (Lipinski definition) is 4. The number of ether oxygens (including phenoxy) is 1. The maximum Gasteiger partial charge on any atom is 0.138 e. The van der Waals surface area contributed by atoms with Crippen LogP contribution in [0, 0.1) is 11.3 Å². The first kappa shape index (κ1) is 12.0. The summed E-state index contributed by atoms with van der Waals surface area (Å²) in [4.78, 5) is 4.27. The van der Waals surface area contributed by atoms with Crippen LogP contribution in [0.15, 0.2) is 54.7 Å². The van der Waals surface area contributed by atoms with Gasteiger partial charge in [0.2, 0.25) is 0 Å². The van der Waals surface area contributed by atoms with Crippen molar-refractivity contribution in [3.63, 3.8) is 0 Å². The Labute approximate surface area is 116 Å². The molecule has 0 unspecified atom stereocenters. The molecule has 4 nitrogen and oxygen atoms in total. The smallest absolute Gasteiger partial charge is 0.138 e. The van der Waals surface area contributed by atoms with Crippen LogP contribution < -0.4 is 10.5 Å². The van der Waals surface area contributed by atoms with Crippen molar-refractivity contribution >= 4 is 16.6 Å². The van der Waals surface area contributed by atoms with Crippen molar-refractivity contribution in [1.82, 2.24) is 4.98 Å². The predicted molar refractivity (Wildman–Crippen MR) is 77.4 cm³/mol. The Hall–Kier alpha value is -3.06. The summed E-state index contributed by atoms with van der Waals surface area (Å²) in [6.45, 7) is 0. The van der Waals surface area contributed by atoms with Crippen molar-refractivity contribution < 1.29 is 4.74 Å². The lowest BCUT2D eigenvalue weighted by atomic mass is 10.2. The number of fused-ring (bicyclic) bond motifs is 1. The van der Waals surface area contributed by atoms with E-state index in [1.54, 1.807) is 36.5 Å². The van der Waals surface area contributed by atoms with Crippen molar-refractivity contribution in [2.45, 2.75) is 0 Å². The average Bonchev–Trinajstić information content (AvgIpc) is 2.47. The standard InChI is InChI=1S/C16H11N3O/c17-10-11-2-1-3-13(8-11)20-16-6-7-19-15-9-12(18)4-5-14(15)16/h1-9H,18H2. The van der Waals surface area contributed by atoms with Crippen molar-refractivity contribution in [1.29, 1.82) is 5.26 Å². The summed E-state index contributed by atoms with van der Waals surface area (Å²) in [5, 5.41) is 9.78. The van der Waals surface area contributed by atoms with Gasteiger partial charge in [-0.2, -0.15) is 5.26 Å². The minimum Gasteiger partial charge on any atom is -0.457 e. The molecule has 0 saturated heterocycles. The molecule has 0 atom stereocenters. The summed E-state index contributed by atoms with van der Waals surface area (Å²) in [7, 11) is 0. The molecule has 96 valence electrons. The number of benzene rings is 2. The topological polar surface area (TPSA) is 71.9 Å². The van der Waals surface area contributed by atoms with Crippen LogP contribution in [0.4, 0.5) is 5.69 Å². The molecule has 0 bridgehead atoms. The highest BCUT2D eigenvalue weighted by atomic mass is 16.5. The highest BCUT2D eigenvalue weighted by molar-refractivity contribution is 5.87. The Morgan fingerprint density at radius 3 is 2.85 bits per heavy atom. The van der Waals surface area contributed by atoms with Gasteiger partial charge >= 0.3 is 0 Å². The summed E-state index contributed by atoms with van der Waals surface area (Å²) >= 11 is 0. The average molecular weight is 261 g/mol. The van der Waals surface area contributed by atoms with Gasteiger partial charge in [-0.3, -0.25) is 4.98 Å². The molecule has 3 aromatic rings. The van der Waals surface area contributed by atoms with Gasteiger partial charge in [-0.25, -0.2) is 0 Å². The quantitative estimate of drug-likeness (QED) is 0.717. The van der Waals surface area contributed by atoms with Crippen LogP contribution in [0.1, 0.15) is 5.56 Å². The van der Waals surface area contributed by atoms with Gasteiger partial charge in [-0.15, -0.1) is 0 Å². The van der Waals surface area contributed by atoms with Gasteiger partial charge in [-0.1, -0.05) is 6.07 Å². The van der Waals surface area contributed by atoms with E-state index < -0.39 is 0 Å². The number of hydrogen-bond donors (Lipinski definition) is 1. The van der Waals surface area contributed by atoms with E-state index in [2.05, 4.69) is 11.1 Å². The van der Waals surface area contributed by atoms with Crippen LogP contribution in [0.5, 0.6) is 11.5 Å². The third-order valence-corrected chi connectivity index (χ3v) is 2.92. The first-order chi connectivity index (χ1) is 9.76. The lowest BCUT2D eigenvalue weighted by Crippen LogP contribution is -1.90. The third-order valence-electron chi connectivity index (χ3n) is 2.92. The molecule has 2 N–H and O–H groups in total. The second kappa shape index (κ2) is 4.90. The molecular weight excluding hydrogens is 250 g/mol. The first-order valence-corrected chi connectivity index (χ1v) is 6.08. The van der Waals surface area contributed by atoms with E-state index in [0.717, 1.165) is 10.9 Å². The van der Waals surface area contributed by atoms with Crippen molar-refractivity contribution in [3.05, 3.63) is 60.3 Å². The number of nitriles is 1. The zero-order valence-corrected chi connectivity index (χ0v) is 10.6. The normalized spacial score (nSPS) is 10.2. The third kappa shape index (κ3) is 2.25.